The van der Waals surface area contributed by atoms with Crippen molar-refractivity contribution in [2.75, 3.05) is 45.9 Å². The maximum Gasteiger partial charge on any atom is 0.251 e. The highest BCUT2D eigenvalue weighted by Gasteiger charge is 2.30. The lowest BCUT2D eigenvalue weighted by Gasteiger charge is -2.35. The van der Waals surface area contributed by atoms with Crippen molar-refractivity contribution >= 4 is 5.91 Å². The second-order valence-corrected chi connectivity index (χ2v) is 6.96. The van der Waals surface area contributed by atoms with E-state index in [0.717, 1.165) is 77.4 Å². The van der Waals surface area contributed by atoms with Gasteiger partial charge in [0.1, 0.15) is 11.9 Å². The first-order valence-electron chi connectivity index (χ1n) is 9.17. The highest BCUT2D eigenvalue weighted by molar-refractivity contribution is 5.81. The lowest BCUT2D eigenvalue weighted by Crippen LogP contribution is -2.51. The molecule has 1 unspecified atom stereocenters. The lowest BCUT2D eigenvalue weighted by atomic mass is 10.1. The molecule has 1 amide bonds. The summed E-state index contributed by atoms with van der Waals surface area (Å²) in [4.78, 5) is 16.8. The topological polar surface area (TPSA) is 42.0 Å². The van der Waals surface area contributed by atoms with Crippen LogP contribution in [0.15, 0.2) is 18.2 Å². The van der Waals surface area contributed by atoms with Gasteiger partial charge in [-0.1, -0.05) is 12.1 Å². The molecule has 1 atom stereocenters. The van der Waals surface area contributed by atoms with E-state index >= 15 is 0 Å². The summed E-state index contributed by atoms with van der Waals surface area (Å²) in [5, 5.41) is 0. The maximum absolute atomic E-state index is 12.4. The van der Waals surface area contributed by atoms with Gasteiger partial charge in [-0.05, 0) is 36.5 Å². The Balaban J connectivity index is 1.24. The fraction of sp³-hybridized carbons (Fsp3) is 0.632. The molecule has 1 aromatic carbocycles. The van der Waals surface area contributed by atoms with Crippen molar-refractivity contribution in [3.63, 3.8) is 0 Å². The molecule has 0 spiro atoms. The van der Waals surface area contributed by atoms with Gasteiger partial charge in [-0.3, -0.25) is 9.69 Å². The second kappa shape index (κ2) is 7.11. The first kappa shape index (κ1) is 15.9. The van der Waals surface area contributed by atoms with Crippen LogP contribution in [-0.4, -0.2) is 67.7 Å². The summed E-state index contributed by atoms with van der Waals surface area (Å²) in [5.74, 6) is 1.26. The van der Waals surface area contributed by atoms with Crippen LogP contribution >= 0.6 is 0 Å². The number of hydrogen-bond acceptors (Lipinski definition) is 4. The van der Waals surface area contributed by atoms with Crippen LogP contribution in [-0.2, 0) is 22.4 Å². The van der Waals surface area contributed by atoms with Crippen molar-refractivity contribution in [2.45, 2.75) is 31.8 Å². The molecule has 0 aliphatic carbocycles. The fourth-order valence-corrected chi connectivity index (χ4v) is 3.85. The minimum absolute atomic E-state index is 0.176. The van der Waals surface area contributed by atoms with Crippen molar-refractivity contribution in [2.24, 2.45) is 0 Å². The summed E-state index contributed by atoms with van der Waals surface area (Å²) in [5.41, 5.74) is 2.73. The highest BCUT2D eigenvalue weighted by Crippen LogP contribution is 2.26. The number of nitrogens with zero attached hydrogens (tertiary/aromatic N) is 2. The van der Waals surface area contributed by atoms with E-state index in [4.69, 9.17) is 9.47 Å². The van der Waals surface area contributed by atoms with Gasteiger partial charge in [-0.2, -0.15) is 0 Å². The molecule has 4 rings (SSSR count). The third-order valence-electron chi connectivity index (χ3n) is 5.36. The predicted octanol–water partition coefficient (Wildman–Crippen LogP) is 1.49. The van der Waals surface area contributed by atoms with Crippen molar-refractivity contribution in [1.82, 2.24) is 9.80 Å². The van der Waals surface area contributed by atoms with Gasteiger partial charge in [-0.15, -0.1) is 0 Å². The smallest absolute Gasteiger partial charge is 0.251 e. The quantitative estimate of drug-likeness (QED) is 0.839. The van der Waals surface area contributed by atoms with Gasteiger partial charge in [0.05, 0.1) is 6.61 Å². The van der Waals surface area contributed by atoms with E-state index in [0.29, 0.717) is 0 Å². The van der Waals surface area contributed by atoms with E-state index in [9.17, 15) is 4.79 Å². The Morgan fingerprint density at radius 1 is 1.17 bits per heavy atom. The summed E-state index contributed by atoms with van der Waals surface area (Å²) in [6, 6.07) is 6.58. The van der Waals surface area contributed by atoms with Crippen LogP contribution in [0.3, 0.4) is 0 Å². The SMILES string of the molecule is O=C(C1CCCO1)N1CCN(CCc2ccc3c(c2)CCO3)CC1. The Kier molecular flexibility index (Phi) is 4.72. The van der Waals surface area contributed by atoms with Gasteiger partial charge < -0.3 is 14.4 Å². The molecular weight excluding hydrogens is 304 g/mol. The van der Waals surface area contributed by atoms with Crippen LogP contribution in [0.4, 0.5) is 0 Å². The molecule has 0 aromatic heterocycles. The van der Waals surface area contributed by atoms with Gasteiger partial charge in [0.15, 0.2) is 0 Å². The first-order chi connectivity index (χ1) is 11.8. The number of fused-ring (bicyclic) bond motifs is 1. The van der Waals surface area contributed by atoms with Gasteiger partial charge in [0.25, 0.3) is 5.91 Å². The van der Waals surface area contributed by atoms with Crippen molar-refractivity contribution in [3.05, 3.63) is 29.3 Å². The van der Waals surface area contributed by atoms with Crippen molar-refractivity contribution in [1.29, 1.82) is 0 Å². The number of amides is 1. The Morgan fingerprint density at radius 2 is 2.04 bits per heavy atom. The second-order valence-electron chi connectivity index (χ2n) is 6.96. The summed E-state index contributed by atoms with van der Waals surface area (Å²) in [7, 11) is 0. The molecule has 130 valence electrons. The summed E-state index contributed by atoms with van der Waals surface area (Å²) in [6.07, 6.45) is 3.83. The maximum atomic E-state index is 12.4. The zero-order valence-corrected chi connectivity index (χ0v) is 14.2. The third-order valence-corrected chi connectivity index (χ3v) is 5.36. The minimum atomic E-state index is -0.176. The van der Waals surface area contributed by atoms with Crippen LogP contribution in [0.2, 0.25) is 0 Å². The molecule has 0 radical (unpaired) electrons. The molecule has 0 bridgehead atoms. The number of piperazine rings is 1. The fourth-order valence-electron chi connectivity index (χ4n) is 3.85. The molecule has 1 aromatic rings. The number of benzene rings is 1. The van der Waals surface area contributed by atoms with E-state index < -0.39 is 0 Å². The number of hydrogen-bond donors (Lipinski definition) is 0. The van der Waals surface area contributed by atoms with Gasteiger partial charge >= 0.3 is 0 Å². The third kappa shape index (κ3) is 3.42. The molecule has 2 saturated heterocycles. The molecule has 3 aliphatic heterocycles. The molecular formula is C19H26N2O3. The predicted molar refractivity (Wildman–Crippen MR) is 91.3 cm³/mol. The zero-order valence-electron chi connectivity index (χ0n) is 14.2. The molecule has 2 fully saturated rings. The number of carbonyl (C=O) groups is 1. The monoisotopic (exact) mass is 330 g/mol. The summed E-state index contributed by atoms with van der Waals surface area (Å²) >= 11 is 0. The highest BCUT2D eigenvalue weighted by atomic mass is 16.5. The van der Waals surface area contributed by atoms with E-state index in [1.54, 1.807) is 0 Å². The largest absolute Gasteiger partial charge is 0.493 e. The Morgan fingerprint density at radius 3 is 2.83 bits per heavy atom. The van der Waals surface area contributed by atoms with Crippen LogP contribution in [0.1, 0.15) is 24.0 Å². The van der Waals surface area contributed by atoms with Crippen LogP contribution in [0.25, 0.3) is 0 Å². The molecule has 0 saturated carbocycles. The standard InChI is InChI=1S/C19H26N2O3/c22-19(18-2-1-12-23-18)21-10-8-20(9-11-21)7-5-15-3-4-17-16(14-15)6-13-24-17/h3-4,14,18H,1-2,5-13H2. The van der Waals surface area contributed by atoms with Gasteiger partial charge in [-0.25, -0.2) is 0 Å². The lowest BCUT2D eigenvalue weighted by molar-refractivity contribution is -0.142. The number of rotatable bonds is 4. The van der Waals surface area contributed by atoms with Crippen molar-refractivity contribution in [3.8, 4) is 5.75 Å². The molecule has 3 heterocycles. The average Bonchev–Trinajstić information content (AvgIpc) is 3.31. The Labute approximate surface area is 143 Å². The van der Waals surface area contributed by atoms with Crippen molar-refractivity contribution < 1.29 is 14.3 Å². The Hall–Kier alpha value is -1.59. The normalized spacial score (nSPS) is 24.0. The van der Waals surface area contributed by atoms with E-state index in [-0.39, 0.29) is 12.0 Å². The number of carbonyl (C=O) groups excluding carboxylic acids is 1. The Bertz CT molecular complexity index is 590. The van der Waals surface area contributed by atoms with Gasteiger partial charge in [0, 0.05) is 45.8 Å². The molecule has 5 heteroatoms. The molecule has 0 N–H and O–H groups in total. The van der Waals surface area contributed by atoms with E-state index in [2.05, 4.69) is 23.1 Å². The van der Waals surface area contributed by atoms with Crippen LogP contribution < -0.4 is 4.74 Å². The first-order valence-corrected chi connectivity index (χ1v) is 9.17. The van der Waals surface area contributed by atoms with E-state index in [1.165, 1.54) is 11.1 Å². The molecule has 24 heavy (non-hydrogen) atoms. The zero-order chi connectivity index (χ0) is 16.4. The van der Waals surface area contributed by atoms with E-state index in [1.807, 2.05) is 4.90 Å². The van der Waals surface area contributed by atoms with Crippen LogP contribution in [0.5, 0.6) is 5.75 Å². The molecule has 5 nitrogen and oxygen atoms in total. The summed E-state index contributed by atoms with van der Waals surface area (Å²) < 4.78 is 11.1. The summed E-state index contributed by atoms with van der Waals surface area (Å²) in [6.45, 7) is 6.20. The minimum Gasteiger partial charge on any atom is -0.493 e. The molecule has 3 aliphatic rings. The van der Waals surface area contributed by atoms with Crippen LogP contribution in [0, 0.1) is 0 Å². The average molecular weight is 330 g/mol. The number of ether oxygens (including phenoxy) is 2. The van der Waals surface area contributed by atoms with Gasteiger partial charge in [0.2, 0.25) is 0 Å².